The van der Waals surface area contributed by atoms with Gasteiger partial charge in [0, 0.05) is 22.9 Å². The maximum atomic E-state index is 5.74. The average Bonchev–Trinajstić information content (AvgIpc) is 2.69. The highest BCUT2D eigenvalue weighted by Crippen LogP contribution is 2.31. The summed E-state index contributed by atoms with van der Waals surface area (Å²) in [6.07, 6.45) is 0.220. The first-order valence-electron chi connectivity index (χ1n) is 5.67. The average molecular weight is 258 g/mol. The summed E-state index contributed by atoms with van der Waals surface area (Å²) in [7, 11) is 0. The number of hydrogen-bond donors (Lipinski definition) is 1. The SMILES string of the molecule is CCNCc1sc(C2CSCCO2)nc1C. The van der Waals surface area contributed by atoms with Gasteiger partial charge in [0.15, 0.2) is 0 Å². The van der Waals surface area contributed by atoms with Crippen LogP contribution in [0, 0.1) is 6.92 Å². The third-order valence-corrected chi connectivity index (χ3v) is 4.78. The van der Waals surface area contributed by atoms with Crippen molar-refractivity contribution in [1.29, 1.82) is 0 Å². The number of aromatic nitrogens is 1. The topological polar surface area (TPSA) is 34.1 Å². The van der Waals surface area contributed by atoms with E-state index in [0.717, 1.165) is 41.9 Å². The van der Waals surface area contributed by atoms with Gasteiger partial charge in [-0.3, -0.25) is 0 Å². The van der Waals surface area contributed by atoms with E-state index < -0.39 is 0 Å². The van der Waals surface area contributed by atoms with E-state index in [9.17, 15) is 0 Å². The molecule has 1 aliphatic rings. The molecule has 2 heterocycles. The number of rotatable bonds is 4. The monoisotopic (exact) mass is 258 g/mol. The Hall–Kier alpha value is -0.100. The highest BCUT2D eigenvalue weighted by atomic mass is 32.2. The number of aryl methyl sites for hydroxylation is 1. The maximum Gasteiger partial charge on any atom is 0.123 e. The van der Waals surface area contributed by atoms with Gasteiger partial charge in [0.05, 0.1) is 12.3 Å². The molecule has 1 unspecified atom stereocenters. The van der Waals surface area contributed by atoms with Gasteiger partial charge in [-0.1, -0.05) is 6.92 Å². The molecule has 1 aromatic heterocycles. The molecule has 1 N–H and O–H groups in total. The van der Waals surface area contributed by atoms with Crippen LogP contribution in [0.1, 0.15) is 28.6 Å². The van der Waals surface area contributed by atoms with Gasteiger partial charge in [-0.05, 0) is 13.5 Å². The van der Waals surface area contributed by atoms with Crippen molar-refractivity contribution in [3.05, 3.63) is 15.6 Å². The minimum atomic E-state index is 0.220. The second-order valence-electron chi connectivity index (χ2n) is 3.78. The second kappa shape index (κ2) is 6.00. The molecule has 0 spiro atoms. The Balaban J connectivity index is 2.03. The number of nitrogens with one attached hydrogen (secondary N) is 1. The van der Waals surface area contributed by atoms with Crippen LogP contribution >= 0.6 is 23.1 Å². The lowest BCUT2D eigenvalue weighted by molar-refractivity contribution is 0.0754. The largest absolute Gasteiger partial charge is 0.369 e. The minimum Gasteiger partial charge on any atom is -0.369 e. The molecule has 16 heavy (non-hydrogen) atoms. The van der Waals surface area contributed by atoms with Gasteiger partial charge in [0.1, 0.15) is 11.1 Å². The second-order valence-corrected chi connectivity index (χ2v) is 6.04. The molecule has 90 valence electrons. The Labute approximate surface area is 105 Å². The van der Waals surface area contributed by atoms with Gasteiger partial charge in [-0.2, -0.15) is 11.8 Å². The van der Waals surface area contributed by atoms with Gasteiger partial charge in [0.2, 0.25) is 0 Å². The summed E-state index contributed by atoms with van der Waals surface area (Å²) in [5, 5.41) is 4.50. The molecule has 3 nitrogen and oxygen atoms in total. The van der Waals surface area contributed by atoms with E-state index in [1.165, 1.54) is 4.88 Å². The van der Waals surface area contributed by atoms with E-state index in [0.29, 0.717) is 0 Å². The highest BCUT2D eigenvalue weighted by Gasteiger charge is 2.21. The van der Waals surface area contributed by atoms with Gasteiger partial charge in [-0.15, -0.1) is 11.3 Å². The van der Waals surface area contributed by atoms with Crippen LogP contribution in [0.2, 0.25) is 0 Å². The van der Waals surface area contributed by atoms with Crippen molar-refractivity contribution in [3.8, 4) is 0 Å². The first-order valence-corrected chi connectivity index (χ1v) is 7.64. The molecule has 1 aromatic rings. The summed E-state index contributed by atoms with van der Waals surface area (Å²) in [6.45, 7) is 7.00. The fourth-order valence-corrected chi connectivity index (χ4v) is 3.66. The van der Waals surface area contributed by atoms with Crippen LogP contribution in [-0.2, 0) is 11.3 Å². The van der Waals surface area contributed by atoms with E-state index in [1.807, 2.05) is 11.8 Å². The van der Waals surface area contributed by atoms with Crippen molar-refractivity contribution in [2.75, 3.05) is 24.7 Å². The number of nitrogens with zero attached hydrogens (tertiary/aromatic N) is 1. The first kappa shape index (κ1) is 12.4. The number of hydrogen-bond acceptors (Lipinski definition) is 5. The van der Waals surface area contributed by atoms with Gasteiger partial charge < -0.3 is 10.1 Å². The van der Waals surface area contributed by atoms with E-state index >= 15 is 0 Å². The molecule has 0 aromatic carbocycles. The first-order chi connectivity index (χ1) is 7.81. The van der Waals surface area contributed by atoms with Crippen molar-refractivity contribution in [2.45, 2.75) is 26.5 Å². The van der Waals surface area contributed by atoms with Crippen LogP contribution in [0.3, 0.4) is 0 Å². The van der Waals surface area contributed by atoms with Gasteiger partial charge >= 0.3 is 0 Å². The number of thiazole rings is 1. The molecule has 1 saturated heterocycles. The van der Waals surface area contributed by atoms with Crippen LogP contribution in [0.4, 0.5) is 0 Å². The van der Waals surface area contributed by atoms with E-state index in [-0.39, 0.29) is 6.10 Å². The summed E-state index contributed by atoms with van der Waals surface area (Å²) in [6, 6.07) is 0. The van der Waals surface area contributed by atoms with Crippen LogP contribution in [-0.4, -0.2) is 29.6 Å². The molecular formula is C11H18N2OS2. The predicted molar refractivity (Wildman–Crippen MR) is 70.2 cm³/mol. The molecule has 5 heteroatoms. The van der Waals surface area contributed by atoms with E-state index in [2.05, 4.69) is 24.1 Å². The molecule has 1 atom stereocenters. The zero-order valence-electron chi connectivity index (χ0n) is 9.78. The van der Waals surface area contributed by atoms with Crippen molar-refractivity contribution >= 4 is 23.1 Å². The van der Waals surface area contributed by atoms with E-state index in [1.54, 1.807) is 11.3 Å². The minimum absolute atomic E-state index is 0.220. The Morgan fingerprint density at radius 2 is 2.44 bits per heavy atom. The summed E-state index contributed by atoms with van der Waals surface area (Å²) in [5.74, 6) is 2.17. The molecule has 0 radical (unpaired) electrons. The lowest BCUT2D eigenvalue weighted by Crippen LogP contribution is -2.15. The smallest absolute Gasteiger partial charge is 0.123 e. The third-order valence-electron chi connectivity index (χ3n) is 2.54. The zero-order chi connectivity index (χ0) is 11.4. The fourth-order valence-electron chi connectivity index (χ4n) is 1.62. The van der Waals surface area contributed by atoms with Crippen molar-refractivity contribution < 1.29 is 4.74 Å². The Morgan fingerprint density at radius 1 is 1.56 bits per heavy atom. The third kappa shape index (κ3) is 2.97. The standard InChI is InChI=1S/C11H18N2OS2/c1-3-12-6-10-8(2)13-11(16-10)9-7-15-5-4-14-9/h9,12H,3-7H2,1-2H3. The molecule has 0 bridgehead atoms. The highest BCUT2D eigenvalue weighted by molar-refractivity contribution is 7.99. The van der Waals surface area contributed by atoms with Crippen LogP contribution in [0.5, 0.6) is 0 Å². The fraction of sp³-hybridized carbons (Fsp3) is 0.727. The lowest BCUT2D eigenvalue weighted by atomic mass is 10.3. The van der Waals surface area contributed by atoms with Crippen molar-refractivity contribution in [2.24, 2.45) is 0 Å². The van der Waals surface area contributed by atoms with Crippen molar-refractivity contribution in [3.63, 3.8) is 0 Å². The van der Waals surface area contributed by atoms with Crippen LogP contribution in [0.25, 0.3) is 0 Å². The molecule has 0 amide bonds. The van der Waals surface area contributed by atoms with Crippen LogP contribution < -0.4 is 5.32 Å². The van der Waals surface area contributed by atoms with Crippen LogP contribution in [0.15, 0.2) is 0 Å². The number of ether oxygens (including phenoxy) is 1. The predicted octanol–water partition coefficient (Wildman–Crippen LogP) is 2.37. The van der Waals surface area contributed by atoms with Gasteiger partial charge in [-0.25, -0.2) is 4.98 Å². The molecule has 0 aliphatic carbocycles. The summed E-state index contributed by atoms with van der Waals surface area (Å²) in [5.41, 5.74) is 1.15. The molecule has 1 aliphatic heterocycles. The Bertz CT molecular complexity index is 335. The summed E-state index contributed by atoms with van der Waals surface area (Å²) in [4.78, 5) is 5.97. The number of thioether (sulfide) groups is 1. The Kier molecular flexibility index (Phi) is 4.64. The maximum absolute atomic E-state index is 5.74. The zero-order valence-corrected chi connectivity index (χ0v) is 11.4. The Morgan fingerprint density at radius 3 is 3.12 bits per heavy atom. The quantitative estimate of drug-likeness (QED) is 0.899. The lowest BCUT2D eigenvalue weighted by Gasteiger charge is -2.19. The van der Waals surface area contributed by atoms with E-state index in [4.69, 9.17) is 4.74 Å². The summed E-state index contributed by atoms with van der Waals surface area (Å²) < 4.78 is 5.74. The molecule has 0 saturated carbocycles. The van der Waals surface area contributed by atoms with Gasteiger partial charge in [0.25, 0.3) is 0 Å². The normalized spacial score (nSPS) is 21.2. The molecule has 1 fully saturated rings. The molecule has 2 rings (SSSR count). The summed E-state index contributed by atoms with van der Waals surface area (Å²) >= 11 is 3.75. The van der Waals surface area contributed by atoms with Crippen molar-refractivity contribution in [1.82, 2.24) is 10.3 Å². The molecular weight excluding hydrogens is 240 g/mol.